The number of nitrogens with one attached hydrogen (secondary N) is 1. The Morgan fingerprint density at radius 2 is 1.81 bits per heavy atom. The van der Waals surface area contributed by atoms with E-state index in [1.165, 1.54) is 0 Å². The van der Waals surface area contributed by atoms with Gasteiger partial charge in [-0.3, -0.25) is 4.79 Å². The molecule has 2 aromatic rings. The number of hydrogen-bond donors (Lipinski definition) is 1. The van der Waals surface area contributed by atoms with Crippen molar-refractivity contribution < 1.29 is 4.79 Å². The maximum absolute atomic E-state index is 12.0. The lowest BCUT2D eigenvalue weighted by Crippen LogP contribution is -2.19. The average Bonchev–Trinajstić information content (AvgIpc) is 2.83. The van der Waals surface area contributed by atoms with E-state index in [1.807, 2.05) is 50.2 Å². The predicted octanol–water partition coefficient (Wildman–Crippen LogP) is 3.76. The molecule has 1 aromatic carbocycles. The van der Waals surface area contributed by atoms with Gasteiger partial charge in [0.2, 0.25) is 5.91 Å². The standard InChI is InChI=1S/C17H23N3O/c1-12(2)16(21)18-15-11-14(17(3,4)5)19-20(15)13-9-7-6-8-10-13/h6-12H,1-5H3,(H,18,21). The minimum Gasteiger partial charge on any atom is -0.310 e. The molecule has 1 aromatic heterocycles. The van der Waals surface area contributed by atoms with Crippen molar-refractivity contribution in [1.82, 2.24) is 9.78 Å². The number of nitrogens with zero attached hydrogens (tertiary/aromatic N) is 2. The maximum atomic E-state index is 12.0. The average molecular weight is 285 g/mol. The Morgan fingerprint density at radius 1 is 1.19 bits per heavy atom. The Labute approximate surface area is 126 Å². The normalized spacial score (nSPS) is 11.7. The Balaban J connectivity index is 2.47. The third kappa shape index (κ3) is 3.51. The van der Waals surface area contributed by atoms with Gasteiger partial charge in [0.15, 0.2) is 0 Å². The van der Waals surface area contributed by atoms with Crippen molar-refractivity contribution in [2.24, 2.45) is 5.92 Å². The van der Waals surface area contributed by atoms with Crippen molar-refractivity contribution in [2.75, 3.05) is 5.32 Å². The van der Waals surface area contributed by atoms with Crippen molar-refractivity contribution in [3.63, 3.8) is 0 Å². The molecule has 1 heterocycles. The highest BCUT2D eigenvalue weighted by Gasteiger charge is 2.21. The summed E-state index contributed by atoms with van der Waals surface area (Å²) in [6.07, 6.45) is 0. The lowest BCUT2D eigenvalue weighted by atomic mass is 9.92. The van der Waals surface area contributed by atoms with Crippen LogP contribution >= 0.6 is 0 Å². The van der Waals surface area contributed by atoms with Crippen LogP contribution in [0.1, 0.15) is 40.3 Å². The molecule has 0 aliphatic rings. The quantitative estimate of drug-likeness (QED) is 0.933. The van der Waals surface area contributed by atoms with Gasteiger partial charge in [0.1, 0.15) is 5.82 Å². The van der Waals surface area contributed by atoms with Gasteiger partial charge in [-0.15, -0.1) is 0 Å². The minimum absolute atomic E-state index is 0.00691. The van der Waals surface area contributed by atoms with Gasteiger partial charge >= 0.3 is 0 Å². The second kappa shape index (κ2) is 5.72. The lowest BCUT2D eigenvalue weighted by Gasteiger charge is -2.14. The van der Waals surface area contributed by atoms with Gasteiger partial charge < -0.3 is 5.32 Å². The first kappa shape index (κ1) is 15.3. The SMILES string of the molecule is CC(C)C(=O)Nc1cc(C(C)(C)C)nn1-c1ccccc1. The smallest absolute Gasteiger partial charge is 0.228 e. The topological polar surface area (TPSA) is 46.9 Å². The molecule has 1 amide bonds. The molecule has 4 nitrogen and oxygen atoms in total. The zero-order chi connectivity index (χ0) is 15.6. The Morgan fingerprint density at radius 3 is 2.33 bits per heavy atom. The molecule has 0 aliphatic carbocycles. The number of amides is 1. The first-order chi connectivity index (χ1) is 9.79. The Hall–Kier alpha value is -2.10. The first-order valence-electron chi connectivity index (χ1n) is 7.26. The molecule has 4 heteroatoms. The number of rotatable bonds is 3. The van der Waals surface area contributed by atoms with Crippen LogP contribution in [0.15, 0.2) is 36.4 Å². The van der Waals surface area contributed by atoms with Crippen LogP contribution < -0.4 is 5.32 Å². The fourth-order valence-electron chi connectivity index (χ4n) is 1.87. The number of carbonyl (C=O) groups is 1. The van der Waals surface area contributed by atoms with Gasteiger partial charge in [0, 0.05) is 17.4 Å². The van der Waals surface area contributed by atoms with Crippen molar-refractivity contribution in [3.8, 4) is 5.69 Å². The summed E-state index contributed by atoms with van der Waals surface area (Å²) in [6.45, 7) is 10.1. The molecule has 0 fully saturated rings. The first-order valence-corrected chi connectivity index (χ1v) is 7.26. The fourth-order valence-corrected chi connectivity index (χ4v) is 1.87. The molecule has 0 saturated heterocycles. The molecule has 112 valence electrons. The number of hydrogen-bond acceptors (Lipinski definition) is 2. The fraction of sp³-hybridized carbons (Fsp3) is 0.412. The molecule has 0 atom stereocenters. The van der Waals surface area contributed by atoms with Gasteiger partial charge in [-0.05, 0) is 12.1 Å². The van der Waals surface area contributed by atoms with Crippen LogP contribution in [0.4, 0.5) is 5.82 Å². The minimum atomic E-state index is -0.0721. The van der Waals surface area contributed by atoms with E-state index in [2.05, 4.69) is 31.2 Å². The summed E-state index contributed by atoms with van der Waals surface area (Å²) in [6, 6.07) is 11.8. The molecular formula is C17H23N3O. The van der Waals surface area contributed by atoms with Crippen LogP contribution in [0.25, 0.3) is 5.69 Å². The zero-order valence-corrected chi connectivity index (χ0v) is 13.3. The van der Waals surface area contributed by atoms with Crippen molar-refractivity contribution in [2.45, 2.75) is 40.0 Å². The largest absolute Gasteiger partial charge is 0.310 e. The highest BCUT2D eigenvalue weighted by Crippen LogP contribution is 2.26. The van der Waals surface area contributed by atoms with E-state index >= 15 is 0 Å². The summed E-state index contributed by atoms with van der Waals surface area (Å²) in [5.41, 5.74) is 1.81. The van der Waals surface area contributed by atoms with Crippen LogP contribution in [0.5, 0.6) is 0 Å². The van der Waals surface area contributed by atoms with Crippen molar-refractivity contribution in [1.29, 1.82) is 0 Å². The lowest BCUT2D eigenvalue weighted by molar-refractivity contribution is -0.118. The molecule has 0 aliphatic heterocycles. The van der Waals surface area contributed by atoms with Crippen molar-refractivity contribution in [3.05, 3.63) is 42.1 Å². The van der Waals surface area contributed by atoms with E-state index in [1.54, 1.807) is 4.68 Å². The number of para-hydroxylation sites is 1. The number of anilines is 1. The molecule has 1 N–H and O–H groups in total. The van der Waals surface area contributed by atoms with Gasteiger partial charge in [-0.1, -0.05) is 52.8 Å². The summed E-state index contributed by atoms with van der Waals surface area (Å²) in [4.78, 5) is 12.0. The molecular weight excluding hydrogens is 262 g/mol. The van der Waals surface area contributed by atoms with Gasteiger partial charge in [-0.25, -0.2) is 4.68 Å². The number of carbonyl (C=O) groups excluding carboxylic acids is 1. The van der Waals surface area contributed by atoms with Crippen LogP contribution in [0.2, 0.25) is 0 Å². The van der Waals surface area contributed by atoms with E-state index < -0.39 is 0 Å². The van der Waals surface area contributed by atoms with Gasteiger partial charge in [0.25, 0.3) is 0 Å². The summed E-state index contributed by atoms with van der Waals surface area (Å²) < 4.78 is 1.79. The third-order valence-electron chi connectivity index (χ3n) is 3.25. The molecule has 0 saturated carbocycles. The van der Waals surface area contributed by atoms with Crippen LogP contribution in [-0.4, -0.2) is 15.7 Å². The second-order valence-corrected chi connectivity index (χ2v) is 6.56. The zero-order valence-electron chi connectivity index (χ0n) is 13.3. The maximum Gasteiger partial charge on any atom is 0.228 e. The molecule has 21 heavy (non-hydrogen) atoms. The summed E-state index contributed by atoms with van der Waals surface area (Å²) in [5, 5.41) is 7.63. The third-order valence-corrected chi connectivity index (χ3v) is 3.25. The molecule has 0 bridgehead atoms. The van der Waals surface area contributed by atoms with Crippen molar-refractivity contribution >= 4 is 11.7 Å². The predicted molar refractivity (Wildman–Crippen MR) is 85.7 cm³/mol. The van der Waals surface area contributed by atoms with E-state index in [0.29, 0.717) is 5.82 Å². The van der Waals surface area contributed by atoms with E-state index in [9.17, 15) is 4.79 Å². The number of benzene rings is 1. The van der Waals surface area contributed by atoms with E-state index in [0.717, 1.165) is 11.4 Å². The molecule has 0 spiro atoms. The molecule has 0 radical (unpaired) electrons. The Bertz CT molecular complexity index is 621. The highest BCUT2D eigenvalue weighted by atomic mass is 16.1. The van der Waals surface area contributed by atoms with E-state index in [-0.39, 0.29) is 17.2 Å². The molecule has 0 unspecified atom stereocenters. The monoisotopic (exact) mass is 285 g/mol. The van der Waals surface area contributed by atoms with Gasteiger partial charge in [0.05, 0.1) is 11.4 Å². The number of aromatic nitrogens is 2. The summed E-state index contributed by atoms with van der Waals surface area (Å²) in [7, 11) is 0. The highest BCUT2D eigenvalue weighted by molar-refractivity contribution is 5.91. The molecule has 2 rings (SSSR count). The second-order valence-electron chi connectivity index (χ2n) is 6.56. The van der Waals surface area contributed by atoms with Crippen LogP contribution in [-0.2, 0) is 10.2 Å². The van der Waals surface area contributed by atoms with Crippen LogP contribution in [0, 0.1) is 5.92 Å². The summed E-state index contributed by atoms with van der Waals surface area (Å²) in [5.74, 6) is 0.638. The summed E-state index contributed by atoms with van der Waals surface area (Å²) >= 11 is 0. The van der Waals surface area contributed by atoms with Gasteiger partial charge in [-0.2, -0.15) is 5.10 Å². The van der Waals surface area contributed by atoms with E-state index in [4.69, 9.17) is 0 Å². The van der Waals surface area contributed by atoms with Crippen LogP contribution in [0.3, 0.4) is 0 Å². The Kier molecular flexibility index (Phi) is 4.16.